The van der Waals surface area contributed by atoms with Crippen molar-refractivity contribution < 1.29 is 23.0 Å². The van der Waals surface area contributed by atoms with Crippen LogP contribution in [-0.2, 0) is 12.2 Å². The van der Waals surface area contributed by atoms with E-state index in [9.17, 15) is 27.9 Å². The number of hydrogen-bond donors (Lipinski definition) is 1. The lowest BCUT2D eigenvalue weighted by Crippen LogP contribution is -2.33. The molecule has 0 spiro atoms. The van der Waals surface area contributed by atoms with Crippen molar-refractivity contribution in [3.05, 3.63) is 103 Å². The fourth-order valence-electron chi connectivity index (χ4n) is 3.77. The summed E-state index contributed by atoms with van der Waals surface area (Å²) < 4.78 is 48.9. The van der Waals surface area contributed by atoms with Crippen molar-refractivity contribution in [3.63, 3.8) is 0 Å². The van der Waals surface area contributed by atoms with E-state index >= 15 is 0 Å². The Morgan fingerprint density at radius 3 is 2.42 bits per heavy atom. The van der Waals surface area contributed by atoms with E-state index in [4.69, 9.17) is 16.3 Å². The molecule has 4 heterocycles. The Bertz CT molecular complexity index is 1680. The molecule has 0 atom stereocenters. The summed E-state index contributed by atoms with van der Waals surface area (Å²) in [6.45, 7) is 5.27. The van der Waals surface area contributed by atoms with Crippen LogP contribution in [-0.4, -0.2) is 29.2 Å². The van der Waals surface area contributed by atoms with Gasteiger partial charge in [-0.3, -0.25) is 23.7 Å². The van der Waals surface area contributed by atoms with Crippen molar-refractivity contribution in [1.82, 2.24) is 24.1 Å². The van der Waals surface area contributed by atoms with Crippen LogP contribution in [0.5, 0.6) is 5.88 Å². The first-order chi connectivity index (χ1) is 17.8. The minimum absolute atomic E-state index is 0.0432. The molecule has 0 saturated heterocycles. The highest BCUT2D eigenvalue weighted by Gasteiger charge is 2.26. The van der Waals surface area contributed by atoms with Gasteiger partial charge in [0.25, 0.3) is 11.1 Å². The van der Waals surface area contributed by atoms with Gasteiger partial charge in [-0.1, -0.05) is 11.6 Å². The van der Waals surface area contributed by atoms with Gasteiger partial charge in [-0.2, -0.15) is 4.98 Å². The maximum absolute atomic E-state index is 14.3. The number of rotatable bonds is 6. The molecular formula is C25H21ClF3N5O4. The number of aromatic nitrogens is 5. The van der Waals surface area contributed by atoms with Gasteiger partial charge in [-0.05, 0) is 39.3 Å². The van der Waals surface area contributed by atoms with Crippen LogP contribution < -0.4 is 15.9 Å². The van der Waals surface area contributed by atoms with E-state index in [0.29, 0.717) is 11.6 Å². The Morgan fingerprint density at radius 2 is 1.76 bits per heavy atom. The predicted octanol–water partition coefficient (Wildman–Crippen LogP) is 3.67. The Labute approximate surface area is 218 Å². The fraction of sp³-hybridized carbons (Fsp3) is 0.240. The number of nitrogens with zero attached hydrogens (tertiary/aromatic N) is 5. The number of pyridine rings is 3. The highest BCUT2D eigenvalue weighted by molar-refractivity contribution is 6.31. The molecule has 9 nitrogen and oxygen atoms in total. The molecule has 0 unspecified atom stereocenters. The van der Waals surface area contributed by atoms with Gasteiger partial charge >= 0.3 is 0 Å². The normalized spacial score (nSPS) is 11.6. The Kier molecular flexibility index (Phi) is 7.13. The molecule has 13 heteroatoms. The number of ether oxygens (including phenoxy) is 1. The average Bonchev–Trinajstić information content (AvgIpc) is 2.82. The third kappa shape index (κ3) is 5.04. The summed E-state index contributed by atoms with van der Waals surface area (Å²) in [5.74, 6) is -2.78. The topological polar surface area (TPSA) is 112 Å². The molecule has 4 aromatic heterocycles. The van der Waals surface area contributed by atoms with E-state index in [1.54, 1.807) is 6.92 Å². The number of aryl methyl sites for hydroxylation is 2. The molecule has 0 bridgehead atoms. The van der Waals surface area contributed by atoms with Gasteiger partial charge in [0.1, 0.15) is 35.6 Å². The fourth-order valence-corrected chi connectivity index (χ4v) is 3.95. The maximum atomic E-state index is 14.3. The van der Waals surface area contributed by atoms with Crippen LogP contribution in [0.1, 0.15) is 36.5 Å². The predicted molar refractivity (Wildman–Crippen MR) is 131 cm³/mol. The van der Waals surface area contributed by atoms with E-state index in [-0.39, 0.29) is 28.9 Å². The lowest BCUT2D eigenvalue weighted by atomic mass is 9.99. The Balaban J connectivity index is 1.77. The summed E-state index contributed by atoms with van der Waals surface area (Å²) in [4.78, 5) is 38.3. The van der Waals surface area contributed by atoms with Gasteiger partial charge < -0.3 is 9.84 Å². The van der Waals surface area contributed by atoms with Crippen LogP contribution in [0, 0.1) is 31.3 Å². The molecule has 0 saturated carbocycles. The first-order valence-electron chi connectivity index (χ1n) is 11.1. The summed E-state index contributed by atoms with van der Waals surface area (Å²) in [5.41, 5.74) is -3.20. The van der Waals surface area contributed by atoms with Crippen LogP contribution >= 0.6 is 11.6 Å². The molecule has 198 valence electrons. The number of halogens is 4. The van der Waals surface area contributed by atoms with Crippen molar-refractivity contribution in [3.8, 4) is 17.4 Å². The van der Waals surface area contributed by atoms with E-state index in [1.807, 2.05) is 0 Å². The van der Waals surface area contributed by atoms with Gasteiger partial charge in [-0.15, -0.1) is 0 Å². The monoisotopic (exact) mass is 547 g/mol. The Hall–Kier alpha value is -4.03. The van der Waals surface area contributed by atoms with Crippen molar-refractivity contribution in [1.29, 1.82) is 0 Å². The third-order valence-corrected chi connectivity index (χ3v) is 5.92. The summed E-state index contributed by atoms with van der Waals surface area (Å²) in [6.07, 6.45) is 3.38. The minimum atomic E-state index is -1.76. The second-order valence-corrected chi connectivity index (χ2v) is 9.27. The van der Waals surface area contributed by atoms with Gasteiger partial charge in [0.15, 0.2) is 10.8 Å². The second-order valence-electron chi connectivity index (χ2n) is 8.89. The smallest absolute Gasteiger partial charge is 0.280 e. The molecule has 0 aromatic carbocycles. The molecule has 0 aliphatic rings. The molecule has 1 N–H and O–H groups in total. The van der Waals surface area contributed by atoms with Crippen LogP contribution in [0.4, 0.5) is 13.2 Å². The van der Waals surface area contributed by atoms with Crippen molar-refractivity contribution in [2.45, 2.75) is 39.9 Å². The zero-order valence-electron chi connectivity index (χ0n) is 20.6. The maximum Gasteiger partial charge on any atom is 0.280 e. The van der Waals surface area contributed by atoms with Crippen molar-refractivity contribution >= 4 is 11.6 Å². The first-order valence-corrected chi connectivity index (χ1v) is 11.5. The first kappa shape index (κ1) is 27.0. The van der Waals surface area contributed by atoms with E-state index in [0.717, 1.165) is 27.6 Å². The van der Waals surface area contributed by atoms with E-state index in [1.165, 1.54) is 33.0 Å². The molecule has 0 aliphatic carbocycles. The summed E-state index contributed by atoms with van der Waals surface area (Å²) >= 11 is 6.24. The standard InChI is InChI=1S/C25H21ClF3N5O4/c1-12-9-31-19(33-6-5-15(28)20(23(33)35)25(3,4)37)8-18(12)34-13(2)32-22(21(26)24(34)36)38-11-17-16(29)7-14(27)10-30-17/h5-10,37H,11H2,1-4H3. The minimum Gasteiger partial charge on any atom is -0.470 e. The molecule has 4 aromatic rings. The van der Waals surface area contributed by atoms with Crippen LogP contribution in [0.3, 0.4) is 0 Å². The average molecular weight is 548 g/mol. The van der Waals surface area contributed by atoms with Gasteiger partial charge in [0.05, 0.1) is 23.0 Å². The molecular weight excluding hydrogens is 527 g/mol. The van der Waals surface area contributed by atoms with E-state index in [2.05, 4.69) is 15.0 Å². The summed E-state index contributed by atoms with van der Waals surface area (Å²) in [7, 11) is 0. The lowest BCUT2D eigenvalue weighted by molar-refractivity contribution is 0.0725. The molecule has 0 amide bonds. The van der Waals surface area contributed by atoms with Crippen molar-refractivity contribution in [2.24, 2.45) is 0 Å². The quantitative estimate of drug-likeness (QED) is 0.392. The van der Waals surface area contributed by atoms with Crippen LogP contribution in [0.15, 0.2) is 46.4 Å². The third-order valence-electron chi connectivity index (χ3n) is 5.60. The molecule has 0 aliphatic heterocycles. The molecule has 38 heavy (non-hydrogen) atoms. The largest absolute Gasteiger partial charge is 0.470 e. The van der Waals surface area contributed by atoms with Gasteiger partial charge in [0.2, 0.25) is 5.88 Å². The highest BCUT2D eigenvalue weighted by Crippen LogP contribution is 2.24. The Morgan fingerprint density at radius 1 is 1.05 bits per heavy atom. The molecule has 4 rings (SSSR count). The van der Waals surface area contributed by atoms with Crippen LogP contribution in [0.25, 0.3) is 11.5 Å². The van der Waals surface area contributed by atoms with Crippen LogP contribution in [0.2, 0.25) is 5.02 Å². The van der Waals surface area contributed by atoms with E-state index < -0.39 is 51.4 Å². The zero-order chi connectivity index (χ0) is 27.9. The zero-order valence-corrected chi connectivity index (χ0v) is 21.3. The lowest BCUT2D eigenvalue weighted by Gasteiger charge is -2.19. The molecule has 0 fully saturated rings. The number of aliphatic hydroxyl groups is 1. The SMILES string of the molecule is Cc1cnc(-n2ccc(F)c(C(C)(C)O)c2=O)cc1-n1c(C)nc(OCc2ncc(F)cc2F)c(Cl)c1=O. The summed E-state index contributed by atoms with van der Waals surface area (Å²) in [6, 6.07) is 3.08. The van der Waals surface area contributed by atoms with Crippen molar-refractivity contribution in [2.75, 3.05) is 0 Å². The number of hydrogen-bond acceptors (Lipinski definition) is 7. The molecule has 0 radical (unpaired) electrons. The van der Waals surface area contributed by atoms with Gasteiger partial charge in [0, 0.05) is 24.5 Å². The second kappa shape index (κ2) is 10.0. The highest BCUT2D eigenvalue weighted by atomic mass is 35.5. The van der Waals surface area contributed by atoms with Gasteiger partial charge in [-0.25, -0.2) is 18.2 Å². The summed E-state index contributed by atoms with van der Waals surface area (Å²) in [5, 5.41) is 9.86.